The van der Waals surface area contributed by atoms with Crippen LogP contribution in [0.2, 0.25) is 0 Å². The Bertz CT molecular complexity index is 757. The van der Waals surface area contributed by atoms with Gasteiger partial charge in [0, 0.05) is 17.8 Å². The molecule has 0 aliphatic rings. The Morgan fingerprint density at radius 2 is 1.91 bits per heavy atom. The summed E-state index contributed by atoms with van der Waals surface area (Å²) in [6.07, 6.45) is 1.54. The average Bonchev–Trinajstić information content (AvgIpc) is 2.52. The van der Waals surface area contributed by atoms with Crippen molar-refractivity contribution in [3.63, 3.8) is 0 Å². The number of benzene rings is 2. The molecule has 2 aromatic rings. The highest BCUT2D eigenvalue weighted by molar-refractivity contribution is 7.80. The molecule has 0 spiro atoms. The van der Waals surface area contributed by atoms with Crippen molar-refractivity contribution >= 4 is 34.9 Å². The van der Waals surface area contributed by atoms with Crippen LogP contribution in [0.25, 0.3) is 0 Å². The van der Waals surface area contributed by atoms with Gasteiger partial charge in [-0.05, 0) is 61.0 Å². The Kier molecular flexibility index (Phi) is 5.37. The zero-order chi connectivity index (χ0) is 16.8. The minimum atomic E-state index is -0.442. The quantitative estimate of drug-likeness (QED) is 0.388. The van der Waals surface area contributed by atoms with Crippen molar-refractivity contribution in [2.75, 3.05) is 5.32 Å². The van der Waals surface area contributed by atoms with Gasteiger partial charge in [-0.2, -0.15) is 5.10 Å². The summed E-state index contributed by atoms with van der Waals surface area (Å²) in [4.78, 5) is 10.1. The maximum Gasteiger partial charge on any atom is 0.269 e. The number of hydrazone groups is 1. The molecule has 0 atom stereocenters. The highest BCUT2D eigenvalue weighted by Gasteiger charge is 2.03. The molecule has 0 amide bonds. The predicted molar refractivity (Wildman–Crippen MR) is 96.0 cm³/mol. The monoisotopic (exact) mass is 328 g/mol. The second kappa shape index (κ2) is 7.46. The van der Waals surface area contributed by atoms with Crippen LogP contribution in [0.4, 0.5) is 11.4 Å². The molecule has 2 rings (SSSR count). The van der Waals surface area contributed by atoms with Crippen LogP contribution in [0.5, 0.6) is 0 Å². The van der Waals surface area contributed by atoms with Crippen LogP contribution >= 0.6 is 12.2 Å². The third kappa shape index (κ3) is 4.58. The van der Waals surface area contributed by atoms with Crippen LogP contribution in [-0.4, -0.2) is 16.3 Å². The molecule has 2 aromatic carbocycles. The summed E-state index contributed by atoms with van der Waals surface area (Å²) < 4.78 is 0. The standard InChI is InChI=1S/C16H16N4O2S/c1-11-4-3-5-15(12(11)2)18-16(23)19-17-10-13-6-8-14(9-7-13)20(21)22/h3-10H,1-2H3,(H2,18,19,23). The molecule has 0 radical (unpaired) electrons. The second-order valence-corrected chi connectivity index (χ2v) is 5.33. The summed E-state index contributed by atoms with van der Waals surface area (Å²) in [7, 11) is 0. The first kappa shape index (κ1) is 16.6. The molecule has 0 fully saturated rings. The van der Waals surface area contributed by atoms with Crippen molar-refractivity contribution in [2.24, 2.45) is 5.10 Å². The fourth-order valence-electron chi connectivity index (χ4n) is 1.88. The van der Waals surface area contributed by atoms with Gasteiger partial charge in [-0.3, -0.25) is 15.5 Å². The lowest BCUT2D eigenvalue weighted by Gasteiger charge is -2.11. The van der Waals surface area contributed by atoms with E-state index in [1.807, 2.05) is 32.0 Å². The Morgan fingerprint density at radius 1 is 1.22 bits per heavy atom. The van der Waals surface area contributed by atoms with E-state index in [0.717, 1.165) is 16.8 Å². The number of hydrogen-bond acceptors (Lipinski definition) is 4. The molecular formula is C16H16N4O2S. The molecule has 0 bridgehead atoms. The lowest BCUT2D eigenvalue weighted by atomic mass is 10.1. The van der Waals surface area contributed by atoms with Gasteiger partial charge in [0.1, 0.15) is 0 Å². The zero-order valence-corrected chi connectivity index (χ0v) is 13.6. The van der Waals surface area contributed by atoms with E-state index in [-0.39, 0.29) is 5.69 Å². The highest BCUT2D eigenvalue weighted by Crippen LogP contribution is 2.17. The summed E-state index contributed by atoms with van der Waals surface area (Å²) in [5, 5.41) is 18.0. The van der Waals surface area contributed by atoms with Crippen LogP contribution in [0, 0.1) is 24.0 Å². The van der Waals surface area contributed by atoms with Gasteiger partial charge in [-0.15, -0.1) is 0 Å². The Morgan fingerprint density at radius 3 is 2.57 bits per heavy atom. The third-order valence-electron chi connectivity index (χ3n) is 3.34. The summed E-state index contributed by atoms with van der Waals surface area (Å²) in [5.41, 5.74) is 6.72. The molecule has 118 valence electrons. The molecule has 2 N–H and O–H groups in total. The van der Waals surface area contributed by atoms with E-state index in [9.17, 15) is 10.1 Å². The van der Waals surface area contributed by atoms with Gasteiger partial charge in [-0.1, -0.05) is 12.1 Å². The lowest BCUT2D eigenvalue weighted by Crippen LogP contribution is -2.24. The van der Waals surface area contributed by atoms with Gasteiger partial charge in [-0.25, -0.2) is 0 Å². The van der Waals surface area contributed by atoms with Gasteiger partial charge >= 0.3 is 0 Å². The summed E-state index contributed by atoms with van der Waals surface area (Å²) >= 11 is 5.18. The van der Waals surface area contributed by atoms with Crippen LogP contribution in [0.15, 0.2) is 47.6 Å². The molecule has 6 nitrogen and oxygen atoms in total. The van der Waals surface area contributed by atoms with Crippen molar-refractivity contribution < 1.29 is 4.92 Å². The number of anilines is 1. The molecule has 0 heterocycles. The Hall–Kier alpha value is -2.80. The predicted octanol–water partition coefficient (Wildman–Crippen LogP) is 3.53. The number of nitrogens with zero attached hydrogens (tertiary/aromatic N) is 2. The van der Waals surface area contributed by atoms with Crippen molar-refractivity contribution in [2.45, 2.75) is 13.8 Å². The van der Waals surface area contributed by atoms with E-state index in [1.165, 1.54) is 17.7 Å². The minimum Gasteiger partial charge on any atom is -0.331 e. The Labute approximate surface area is 139 Å². The summed E-state index contributed by atoms with van der Waals surface area (Å²) in [5.74, 6) is 0. The molecule has 0 aliphatic carbocycles. The first-order valence-corrected chi connectivity index (χ1v) is 7.29. The lowest BCUT2D eigenvalue weighted by molar-refractivity contribution is -0.384. The van der Waals surface area contributed by atoms with E-state index in [0.29, 0.717) is 5.11 Å². The topological polar surface area (TPSA) is 79.6 Å². The molecule has 0 unspecified atom stereocenters. The maximum absolute atomic E-state index is 10.6. The number of nitro groups is 1. The average molecular weight is 328 g/mol. The molecule has 0 saturated carbocycles. The molecular weight excluding hydrogens is 312 g/mol. The van der Waals surface area contributed by atoms with Crippen molar-refractivity contribution in [1.29, 1.82) is 0 Å². The smallest absolute Gasteiger partial charge is 0.269 e. The first-order valence-electron chi connectivity index (χ1n) is 6.88. The SMILES string of the molecule is Cc1cccc(NC(=S)NN=Cc2ccc([N+](=O)[O-])cc2)c1C. The summed E-state index contributed by atoms with van der Waals surface area (Å²) in [6.45, 7) is 4.05. The van der Waals surface area contributed by atoms with E-state index in [1.54, 1.807) is 18.3 Å². The number of non-ortho nitro benzene ring substituents is 1. The van der Waals surface area contributed by atoms with Gasteiger partial charge in [0.15, 0.2) is 5.11 Å². The van der Waals surface area contributed by atoms with Gasteiger partial charge in [0.05, 0.1) is 11.1 Å². The number of aryl methyl sites for hydroxylation is 1. The van der Waals surface area contributed by atoms with E-state index in [4.69, 9.17) is 12.2 Å². The minimum absolute atomic E-state index is 0.0437. The molecule has 23 heavy (non-hydrogen) atoms. The van der Waals surface area contributed by atoms with Crippen LogP contribution in [0.3, 0.4) is 0 Å². The number of thiocarbonyl (C=S) groups is 1. The molecule has 0 aliphatic heterocycles. The fraction of sp³-hybridized carbons (Fsp3) is 0.125. The number of rotatable bonds is 4. The van der Waals surface area contributed by atoms with Gasteiger partial charge < -0.3 is 5.32 Å². The van der Waals surface area contributed by atoms with E-state index < -0.39 is 4.92 Å². The second-order valence-electron chi connectivity index (χ2n) is 4.92. The van der Waals surface area contributed by atoms with E-state index in [2.05, 4.69) is 15.8 Å². The fourth-order valence-corrected chi connectivity index (χ4v) is 2.05. The van der Waals surface area contributed by atoms with Crippen LogP contribution in [0.1, 0.15) is 16.7 Å². The third-order valence-corrected chi connectivity index (χ3v) is 3.53. The van der Waals surface area contributed by atoms with Crippen molar-refractivity contribution in [3.8, 4) is 0 Å². The van der Waals surface area contributed by atoms with Crippen molar-refractivity contribution in [1.82, 2.24) is 5.43 Å². The van der Waals surface area contributed by atoms with Gasteiger partial charge in [0.2, 0.25) is 0 Å². The number of hydrogen-bond donors (Lipinski definition) is 2. The summed E-state index contributed by atoms with van der Waals surface area (Å²) in [6, 6.07) is 12.0. The number of nitro benzene ring substituents is 1. The number of nitrogens with one attached hydrogen (secondary N) is 2. The van der Waals surface area contributed by atoms with Crippen LogP contribution in [-0.2, 0) is 0 Å². The zero-order valence-electron chi connectivity index (χ0n) is 12.7. The highest BCUT2D eigenvalue weighted by atomic mass is 32.1. The molecule has 7 heteroatoms. The van der Waals surface area contributed by atoms with Gasteiger partial charge in [0.25, 0.3) is 5.69 Å². The molecule has 0 aromatic heterocycles. The normalized spacial score (nSPS) is 10.5. The largest absolute Gasteiger partial charge is 0.331 e. The van der Waals surface area contributed by atoms with E-state index >= 15 is 0 Å². The molecule has 0 saturated heterocycles. The van der Waals surface area contributed by atoms with Crippen molar-refractivity contribution in [3.05, 3.63) is 69.3 Å². The Balaban J connectivity index is 1.93. The van der Waals surface area contributed by atoms with Crippen LogP contribution < -0.4 is 10.7 Å². The maximum atomic E-state index is 10.6. The first-order chi connectivity index (χ1) is 11.0.